The number of piperidine rings is 1. The molecule has 1 saturated heterocycles. The molecule has 4 rings (SSSR count). The molecule has 0 atom stereocenters. The van der Waals surface area contributed by atoms with Gasteiger partial charge in [-0.3, -0.25) is 0 Å². The molecule has 0 amide bonds. The highest BCUT2D eigenvalue weighted by Gasteiger charge is 2.36. The summed E-state index contributed by atoms with van der Waals surface area (Å²) in [5.41, 5.74) is 4.10. The topological polar surface area (TPSA) is 23.5 Å². The van der Waals surface area contributed by atoms with Gasteiger partial charge in [-0.15, -0.1) is 0 Å². The third-order valence-electron chi connectivity index (χ3n) is 7.37. The number of rotatable bonds is 8. The Kier molecular flexibility index (Phi) is 6.82. The normalized spacial score (nSPS) is 19.2. The van der Waals surface area contributed by atoms with Crippen LogP contribution in [0, 0.1) is 11.3 Å². The first-order chi connectivity index (χ1) is 14.2. The summed E-state index contributed by atoms with van der Waals surface area (Å²) in [6.07, 6.45) is 10.7. The first kappa shape index (κ1) is 20.8. The Hall–Kier alpha value is -1.51. The molecule has 2 aromatic carbocycles. The Morgan fingerprint density at radius 2 is 1.72 bits per heavy atom. The Bertz CT molecular complexity index is 773. The van der Waals surface area contributed by atoms with Gasteiger partial charge in [0.2, 0.25) is 0 Å². The monoisotopic (exact) mass is 411 g/mol. The van der Waals surface area contributed by atoms with Crippen LogP contribution in [0.5, 0.6) is 0 Å². The predicted octanol–water partition coefficient (Wildman–Crippen LogP) is 6.28. The summed E-state index contributed by atoms with van der Waals surface area (Å²) in [6.45, 7) is 2.58. The van der Waals surface area contributed by atoms with Crippen LogP contribution in [0.15, 0.2) is 48.5 Å². The summed E-state index contributed by atoms with van der Waals surface area (Å²) < 4.78 is 0. The molecular weight excluding hydrogens is 378 g/mol. The lowest BCUT2D eigenvalue weighted by Gasteiger charge is -2.42. The van der Waals surface area contributed by atoms with Gasteiger partial charge in [0, 0.05) is 19.7 Å². The van der Waals surface area contributed by atoms with Crippen molar-refractivity contribution < 1.29 is 5.11 Å². The number of hydrogen-bond acceptors (Lipinski definition) is 2. The average Bonchev–Trinajstić information content (AvgIpc) is 2.74. The summed E-state index contributed by atoms with van der Waals surface area (Å²) in [5, 5.41) is 10.6. The summed E-state index contributed by atoms with van der Waals surface area (Å²) in [7, 11) is 0. The molecule has 1 aliphatic heterocycles. The number of anilines is 1. The number of benzene rings is 2. The van der Waals surface area contributed by atoms with Gasteiger partial charge in [-0.1, -0.05) is 60.5 Å². The molecule has 3 heteroatoms. The van der Waals surface area contributed by atoms with Gasteiger partial charge in [0.1, 0.15) is 0 Å². The van der Waals surface area contributed by atoms with Crippen molar-refractivity contribution in [2.45, 2.75) is 57.8 Å². The second kappa shape index (κ2) is 9.53. The lowest BCUT2D eigenvalue weighted by Crippen LogP contribution is -2.36. The van der Waals surface area contributed by atoms with Gasteiger partial charge in [0.25, 0.3) is 0 Å². The van der Waals surface area contributed by atoms with Crippen molar-refractivity contribution in [3.63, 3.8) is 0 Å². The summed E-state index contributed by atoms with van der Waals surface area (Å²) in [5.74, 6) is 0.801. The molecule has 29 heavy (non-hydrogen) atoms. The van der Waals surface area contributed by atoms with Crippen molar-refractivity contribution in [3.05, 3.63) is 64.7 Å². The van der Waals surface area contributed by atoms with E-state index in [1.165, 1.54) is 61.8 Å². The molecule has 2 fully saturated rings. The Morgan fingerprint density at radius 1 is 0.966 bits per heavy atom. The van der Waals surface area contributed by atoms with E-state index in [1.54, 1.807) is 0 Å². The second-order valence-electron chi connectivity index (χ2n) is 9.22. The number of halogens is 1. The number of aliphatic hydroxyl groups excluding tert-OH is 1. The van der Waals surface area contributed by atoms with Gasteiger partial charge in [0.05, 0.1) is 10.7 Å². The van der Waals surface area contributed by atoms with Crippen molar-refractivity contribution in [1.29, 1.82) is 0 Å². The first-order valence-electron chi connectivity index (χ1n) is 11.4. The second-order valence-corrected chi connectivity index (χ2v) is 9.59. The van der Waals surface area contributed by atoms with E-state index < -0.39 is 0 Å². The van der Waals surface area contributed by atoms with Gasteiger partial charge >= 0.3 is 0 Å². The van der Waals surface area contributed by atoms with Crippen LogP contribution in [0.2, 0.25) is 5.02 Å². The molecule has 1 heterocycles. The molecular formula is C26H34ClNO. The van der Waals surface area contributed by atoms with Gasteiger partial charge in [0.15, 0.2) is 0 Å². The molecule has 0 aromatic heterocycles. The zero-order valence-electron chi connectivity index (χ0n) is 17.5. The van der Waals surface area contributed by atoms with Gasteiger partial charge in [-0.25, -0.2) is 0 Å². The highest BCUT2D eigenvalue weighted by Crippen LogP contribution is 2.45. The molecule has 2 nitrogen and oxygen atoms in total. The maximum absolute atomic E-state index is 9.71. The number of nitrogens with zero attached hydrogens (tertiary/aromatic N) is 1. The third-order valence-corrected chi connectivity index (χ3v) is 7.81. The van der Waals surface area contributed by atoms with Crippen LogP contribution in [0.25, 0.3) is 0 Å². The minimum absolute atomic E-state index is 0.271. The van der Waals surface area contributed by atoms with Crippen LogP contribution >= 0.6 is 11.6 Å². The highest BCUT2D eigenvalue weighted by atomic mass is 35.5. The molecule has 1 aliphatic carbocycles. The smallest absolute Gasteiger partial charge is 0.0671 e. The maximum atomic E-state index is 9.71. The fourth-order valence-corrected chi connectivity index (χ4v) is 5.40. The molecule has 156 valence electrons. The molecule has 2 aliphatic rings. The van der Waals surface area contributed by atoms with E-state index in [-0.39, 0.29) is 5.41 Å². The predicted molar refractivity (Wildman–Crippen MR) is 123 cm³/mol. The SMILES string of the molecule is OCC1(CCC2CCN(c3cccc(CCc4ccccc4)c3Cl)CC2)CCC1. The lowest BCUT2D eigenvalue weighted by molar-refractivity contribution is 0.0289. The average molecular weight is 412 g/mol. The Morgan fingerprint density at radius 3 is 2.38 bits per heavy atom. The first-order valence-corrected chi connectivity index (χ1v) is 11.7. The molecule has 0 radical (unpaired) electrons. The number of aliphatic hydroxyl groups is 1. The van der Waals surface area contributed by atoms with Crippen molar-refractivity contribution in [1.82, 2.24) is 0 Å². The summed E-state index contributed by atoms with van der Waals surface area (Å²) in [6, 6.07) is 17.2. The fraction of sp³-hybridized carbons (Fsp3) is 0.538. The van der Waals surface area contributed by atoms with E-state index in [4.69, 9.17) is 11.6 Å². The van der Waals surface area contributed by atoms with Gasteiger partial charge in [-0.2, -0.15) is 0 Å². The molecule has 0 bridgehead atoms. The molecule has 0 spiro atoms. The van der Waals surface area contributed by atoms with E-state index in [2.05, 4.69) is 53.4 Å². The van der Waals surface area contributed by atoms with Crippen LogP contribution in [-0.2, 0) is 12.8 Å². The molecule has 0 unspecified atom stereocenters. The number of hydrogen-bond donors (Lipinski definition) is 1. The quantitative estimate of drug-likeness (QED) is 0.552. The van der Waals surface area contributed by atoms with Crippen molar-refractivity contribution in [2.75, 3.05) is 24.6 Å². The minimum Gasteiger partial charge on any atom is -0.396 e. The van der Waals surface area contributed by atoms with E-state index in [0.717, 1.165) is 36.9 Å². The minimum atomic E-state index is 0.271. The fourth-order valence-electron chi connectivity index (χ4n) is 5.06. The zero-order chi connectivity index (χ0) is 20.1. The Labute approximate surface area is 180 Å². The molecule has 2 aromatic rings. The van der Waals surface area contributed by atoms with Crippen molar-refractivity contribution >= 4 is 17.3 Å². The van der Waals surface area contributed by atoms with E-state index in [1.807, 2.05) is 0 Å². The van der Waals surface area contributed by atoms with Crippen LogP contribution in [0.1, 0.15) is 56.1 Å². The van der Waals surface area contributed by atoms with E-state index in [0.29, 0.717) is 6.61 Å². The van der Waals surface area contributed by atoms with Crippen LogP contribution in [-0.4, -0.2) is 24.8 Å². The lowest BCUT2D eigenvalue weighted by atomic mass is 9.65. The summed E-state index contributed by atoms with van der Waals surface area (Å²) in [4.78, 5) is 2.48. The molecule has 1 N–H and O–H groups in total. The third kappa shape index (κ3) is 4.98. The standard InChI is InChI=1S/C26H34ClNO/c27-25-23(11-10-21-6-2-1-3-7-21)8-4-9-24(25)28-18-13-22(14-19-28)12-17-26(20-29)15-5-16-26/h1-4,6-9,22,29H,5,10-20H2. The summed E-state index contributed by atoms with van der Waals surface area (Å²) >= 11 is 6.84. The number of aryl methyl sites for hydroxylation is 2. The van der Waals surface area contributed by atoms with Crippen LogP contribution < -0.4 is 4.90 Å². The Balaban J connectivity index is 1.31. The zero-order valence-corrected chi connectivity index (χ0v) is 18.2. The van der Waals surface area contributed by atoms with Crippen LogP contribution in [0.3, 0.4) is 0 Å². The largest absolute Gasteiger partial charge is 0.396 e. The van der Waals surface area contributed by atoms with Crippen molar-refractivity contribution in [2.24, 2.45) is 11.3 Å². The van der Waals surface area contributed by atoms with Crippen molar-refractivity contribution in [3.8, 4) is 0 Å². The van der Waals surface area contributed by atoms with Crippen LogP contribution in [0.4, 0.5) is 5.69 Å². The van der Waals surface area contributed by atoms with Gasteiger partial charge in [-0.05, 0) is 79.9 Å². The molecule has 1 saturated carbocycles. The van der Waals surface area contributed by atoms with E-state index in [9.17, 15) is 5.11 Å². The van der Waals surface area contributed by atoms with E-state index >= 15 is 0 Å². The van der Waals surface area contributed by atoms with Gasteiger partial charge < -0.3 is 10.0 Å². The maximum Gasteiger partial charge on any atom is 0.0671 e. The highest BCUT2D eigenvalue weighted by molar-refractivity contribution is 6.34.